The Morgan fingerprint density at radius 3 is 2.59 bits per heavy atom. The molecule has 1 N–H and O–H groups in total. The van der Waals surface area contributed by atoms with E-state index in [9.17, 15) is 14.4 Å². The van der Waals surface area contributed by atoms with E-state index in [0.29, 0.717) is 38.8 Å². The van der Waals surface area contributed by atoms with Gasteiger partial charge in [-0.1, -0.05) is 33.3 Å². The number of benzene rings is 2. The van der Waals surface area contributed by atoms with Crippen molar-refractivity contribution in [2.24, 2.45) is 4.99 Å². The van der Waals surface area contributed by atoms with E-state index in [4.69, 9.17) is 14.2 Å². The SMILES string of the molecule is CCOC(=O)C1=C(C)N=c2s/c(=C3\C(=O)Nc4ccc(Br)cc43)c(=O)n2[C@H]1c1ccc(OC)c(OC)c1. The second-order valence-electron chi connectivity index (χ2n) is 8.26. The number of allylic oxidation sites excluding steroid dienone is 1. The van der Waals surface area contributed by atoms with E-state index in [1.807, 2.05) is 6.07 Å². The minimum atomic E-state index is -0.851. The number of fused-ring (bicyclic) bond motifs is 2. The number of anilines is 1. The van der Waals surface area contributed by atoms with E-state index in [0.717, 1.165) is 15.8 Å². The van der Waals surface area contributed by atoms with E-state index in [1.165, 1.54) is 18.8 Å². The van der Waals surface area contributed by atoms with Crippen LogP contribution in [0.1, 0.15) is 31.0 Å². The number of ether oxygens (including phenoxy) is 3. The van der Waals surface area contributed by atoms with Gasteiger partial charge in [0.25, 0.3) is 11.5 Å². The topological polar surface area (TPSA) is 108 Å². The van der Waals surface area contributed by atoms with Gasteiger partial charge in [-0.05, 0) is 49.7 Å². The highest BCUT2D eigenvalue weighted by Crippen LogP contribution is 2.36. The number of nitrogens with one attached hydrogen (secondary N) is 1. The summed E-state index contributed by atoms with van der Waals surface area (Å²) in [4.78, 5) is 45.1. The minimum absolute atomic E-state index is 0.161. The van der Waals surface area contributed by atoms with Crippen molar-refractivity contribution < 1.29 is 23.8 Å². The number of halogens is 1. The van der Waals surface area contributed by atoms with E-state index in [2.05, 4.69) is 26.2 Å². The second-order valence-corrected chi connectivity index (χ2v) is 10.1. The number of carbonyl (C=O) groups is 2. The molecular formula is C26H22BrN3O6S. The Morgan fingerprint density at radius 1 is 1.14 bits per heavy atom. The van der Waals surface area contributed by atoms with Crippen molar-refractivity contribution in [1.29, 1.82) is 0 Å². The Kier molecular flexibility index (Phi) is 6.50. The average Bonchev–Trinajstić information content (AvgIpc) is 3.37. The van der Waals surface area contributed by atoms with E-state index in [1.54, 1.807) is 44.2 Å². The summed E-state index contributed by atoms with van der Waals surface area (Å²) in [5.41, 5.74) is 2.34. The lowest BCUT2D eigenvalue weighted by molar-refractivity contribution is -0.139. The molecule has 5 rings (SSSR count). The van der Waals surface area contributed by atoms with Gasteiger partial charge in [0, 0.05) is 15.7 Å². The highest BCUT2D eigenvalue weighted by molar-refractivity contribution is 9.10. The van der Waals surface area contributed by atoms with Crippen LogP contribution >= 0.6 is 27.3 Å². The van der Waals surface area contributed by atoms with Gasteiger partial charge in [-0.3, -0.25) is 14.2 Å². The lowest BCUT2D eigenvalue weighted by Crippen LogP contribution is -2.40. The van der Waals surface area contributed by atoms with Crippen LogP contribution in [0.25, 0.3) is 5.57 Å². The van der Waals surface area contributed by atoms with Gasteiger partial charge in [0.2, 0.25) is 0 Å². The van der Waals surface area contributed by atoms with Gasteiger partial charge in [-0.2, -0.15) is 0 Å². The fourth-order valence-electron chi connectivity index (χ4n) is 4.55. The van der Waals surface area contributed by atoms with Crippen LogP contribution in [0.3, 0.4) is 0 Å². The summed E-state index contributed by atoms with van der Waals surface area (Å²) in [5, 5.41) is 2.82. The number of hydrogen-bond acceptors (Lipinski definition) is 8. The van der Waals surface area contributed by atoms with Crippen LogP contribution in [0.15, 0.2) is 61.9 Å². The smallest absolute Gasteiger partial charge is 0.338 e. The first kappa shape index (κ1) is 25.0. The Balaban J connectivity index is 1.82. The highest BCUT2D eigenvalue weighted by atomic mass is 79.9. The third-order valence-corrected chi connectivity index (χ3v) is 7.72. The molecule has 0 unspecified atom stereocenters. The lowest BCUT2D eigenvalue weighted by Gasteiger charge is -2.25. The maximum Gasteiger partial charge on any atom is 0.338 e. The average molecular weight is 584 g/mol. The number of amides is 1. The first-order valence-electron chi connectivity index (χ1n) is 11.3. The molecule has 0 spiro atoms. The molecule has 190 valence electrons. The van der Waals surface area contributed by atoms with Crippen LogP contribution < -0.4 is 29.7 Å². The van der Waals surface area contributed by atoms with E-state index >= 15 is 0 Å². The monoisotopic (exact) mass is 583 g/mol. The van der Waals surface area contributed by atoms with Crippen molar-refractivity contribution >= 4 is 50.4 Å². The summed E-state index contributed by atoms with van der Waals surface area (Å²) >= 11 is 4.55. The fraction of sp³-hybridized carbons (Fsp3) is 0.231. The zero-order valence-corrected chi connectivity index (χ0v) is 22.8. The molecular weight excluding hydrogens is 562 g/mol. The summed E-state index contributed by atoms with van der Waals surface area (Å²) in [7, 11) is 3.04. The van der Waals surface area contributed by atoms with Crippen molar-refractivity contribution in [3.8, 4) is 11.5 Å². The lowest BCUT2D eigenvalue weighted by atomic mass is 9.95. The van der Waals surface area contributed by atoms with Crippen LogP contribution in [0.4, 0.5) is 5.69 Å². The van der Waals surface area contributed by atoms with Gasteiger partial charge in [0.1, 0.15) is 4.53 Å². The molecule has 0 aliphatic carbocycles. The van der Waals surface area contributed by atoms with Gasteiger partial charge >= 0.3 is 5.97 Å². The highest BCUT2D eigenvalue weighted by Gasteiger charge is 2.35. The van der Waals surface area contributed by atoms with Gasteiger partial charge in [-0.25, -0.2) is 9.79 Å². The first-order valence-corrected chi connectivity index (χ1v) is 12.9. The molecule has 1 atom stereocenters. The van der Waals surface area contributed by atoms with E-state index < -0.39 is 17.6 Å². The number of carbonyl (C=O) groups excluding carboxylic acids is 2. The van der Waals surface area contributed by atoms with Crippen molar-refractivity contribution in [3.05, 3.63) is 83.0 Å². The van der Waals surface area contributed by atoms with Crippen LogP contribution in [0.5, 0.6) is 11.5 Å². The van der Waals surface area contributed by atoms with Crippen LogP contribution in [-0.2, 0) is 14.3 Å². The maximum absolute atomic E-state index is 14.0. The summed E-state index contributed by atoms with van der Waals surface area (Å²) < 4.78 is 18.6. The van der Waals surface area contributed by atoms with Crippen LogP contribution in [0.2, 0.25) is 0 Å². The molecule has 1 aromatic heterocycles. The molecule has 2 aromatic carbocycles. The van der Waals surface area contributed by atoms with Crippen LogP contribution in [-0.4, -0.2) is 37.3 Å². The molecule has 0 saturated carbocycles. The Morgan fingerprint density at radius 2 is 1.89 bits per heavy atom. The zero-order valence-electron chi connectivity index (χ0n) is 20.4. The number of esters is 1. The van der Waals surface area contributed by atoms with Crippen molar-refractivity contribution in [2.75, 3.05) is 26.1 Å². The second kappa shape index (κ2) is 9.64. The zero-order chi connectivity index (χ0) is 26.4. The molecule has 11 heteroatoms. The molecule has 9 nitrogen and oxygen atoms in total. The fourth-order valence-corrected chi connectivity index (χ4v) is 6.05. The molecule has 0 fully saturated rings. The van der Waals surface area contributed by atoms with Crippen LogP contribution in [0, 0.1) is 0 Å². The number of nitrogens with zero attached hydrogens (tertiary/aromatic N) is 2. The number of thiazole rings is 1. The number of methoxy groups -OCH3 is 2. The summed E-state index contributed by atoms with van der Waals surface area (Å²) in [5.74, 6) is -0.00226. The largest absolute Gasteiger partial charge is 0.493 e. The summed E-state index contributed by atoms with van der Waals surface area (Å²) in [6.07, 6.45) is 0. The minimum Gasteiger partial charge on any atom is -0.493 e. The van der Waals surface area contributed by atoms with Crippen molar-refractivity contribution in [2.45, 2.75) is 19.9 Å². The molecule has 3 heterocycles. The predicted molar refractivity (Wildman–Crippen MR) is 142 cm³/mol. The number of hydrogen-bond donors (Lipinski definition) is 1. The number of aromatic nitrogens is 1. The molecule has 0 saturated heterocycles. The standard InChI is InChI=1S/C26H22BrN3O6S/c1-5-36-25(33)19-12(2)28-26-30(21(19)13-6-9-17(34-3)18(10-13)35-4)24(32)22(37-26)20-15-11-14(27)7-8-16(15)29-23(20)31/h6-11,21H,5H2,1-4H3,(H,29,31)/b22-20-/t21-/m0/s1. The molecule has 3 aromatic rings. The Labute approximate surface area is 223 Å². The first-order chi connectivity index (χ1) is 17.8. The van der Waals surface area contributed by atoms with Gasteiger partial charge in [0.05, 0.1) is 43.7 Å². The normalized spacial score (nSPS) is 17.5. The quantitative estimate of drug-likeness (QED) is 0.463. The number of rotatable bonds is 5. The third kappa shape index (κ3) is 4.08. The molecule has 2 aliphatic rings. The Hall–Kier alpha value is -3.70. The summed E-state index contributed by atoms with van der Waals surface area (Å²) in [6, 6.07) is 9.73. The maximum atomic E-state index is 14.0. The molecule has 0 bridgehead atoms. The molecule has 37 heavy (non-hydrogen) atoms. The van der Waals surface area contributed by atoms with Crippen molar-refractivity contribution in [1.82, 2.24) is 4.57 Å². The summed E-state index contributed by atoms with van der Waals surface area (Å²) in [6.45, 7) is 3.58. The molecule has 2 aliphatic heterocycles. The third-order valence-electron chi connectivity index (χ3n) is 6.17. The van der Waals surface area contributed by atoms with Crippen molar-refractivity contribution in [3.63, 3.8) is 0 Å². The van der Waals surface area contributed by atoms with Gasteiger partial charge < -0.3 is 19.5 Å². The molecule has 1 amide bonds. The van der Waals surface area contributed by atoms with Gasteiger partial charge in [-0.15, -0.1) is 0 Å². The van der Waals surface area contributed by atoms with E-state index in [-0.39, 0.29) is 28.2 Å². The molecule has 0 radical (unpaired) electrons. The Bertz CT molecular complexity index is 1690. The van der Waals surface area contributed by atoms with Gasteiger partial charge in [0.15, 0.2) is 16.3 Å². The predicted octanol–water partition coefficient (Wildman–Crippen LogP) is 2.90.